The van der Waals surface area contributed by atoms with Crippen molar-refractivity contribution >= 4 is 58.8 Å². The molecule has 3 heterocycles. The van der Waals surface area contributed by atoms with Gasteiger partial charge in [-0.05, 0) is 12.5 Å². The Morgan fingerprint density at radius 2 is 1.77 bits per heavy atom. The van der Waals surface area contributed by atoms with Crippen LogP contribution in [0.1, 0.15) is 25.5 Å². The Kier molecular flexibility index (Phi) is 9.41. The van der Waals surface area contributed by atoms with Gasteiger partial charge in [0.15, 0.2) is 0 Å². The molecule has 0 saturated carbocycles. The van der Waals surface area contributed by atoms with E-state index in [0.29, 0.717) is 9.80 Å². The van der Waals surface area contributed by atoms with E-state index in [1.807, 2.05) is 0 Å². The molecular formula is C26H28N6O11S. The number of esters is 1. The zero-order valence-corrected chi connectivity index (χ0v) is 24.2. The lowest BCUT2D eigenvalue weighted by Crippen LogP contribution is -2.73. The third kappa shape index (κ3) is 6.01. The second kappa shape index (κ2) is 13.0. The smallest absolute Gasteiger partial charge is 0.352 e. The number of imide groups is 1. The zero-order chi connectivity index (χ0) is 32.3. The summed E-state index contributed by atoms with van der Waals surface area (Å²) in [5.74, 6) is -7.11. The van der Waals surface area contributed by atoms with Gasteiger partial charge >= 0.3 is 29.8 Å². The summed E-state index contributed by atoms with van der Waals surface area (Å²) in [5, 5.41) is 15.7. The minimum Gasteiger partial charge on any atom is -0.477 e. The minimum absolute atomic E-state index is 0.0773. The quantitative estimate of drug-likeness (QED) is 0.0694. The van der Waals surface area contributed by atoms with Gasteiger partial charge in [-0.1, -0.05) is 30.3 Å². The third-order valence-electron chi connectivity index (χ3n) is 7.08. The minimum atomic E-state index is -2.00. The van der Waals surface area contributed by atoms with E-state index in [9.17, 15) is 47.7 Å². The highest BCUT2D eigenvalue weighted by Gasteiger charge is 2.57. The maximum Gasteiger partial charge on any atom is 0.352 e. The number of benzene rings is 1. The molecule has 4 N–H and O–H groups in total. The topological polar surface area (TPSA) is 229 Å². The number of carboxylic acids is 1. The van der Waals surface area contributed by atoms with Crippen LogP contribution in [0.2, 0.25) is 0 Å². The number of rotatable bonds is 10. The summed E-state index contributed by atoms with van der Waals surface area (Å²) >= 11 is 0. The number of nitrogens with one attached hydrogen (secondary N) is 3. The van der Waals surface area contributed by atoms with Crippen LogP contribution in [0.4, 0.5) is 4.79 Å². The van der Waals surface area contributed by atoms with Crippen LogP contribution in [0.25, 0.3) is 0 Å². The van der Waals surface area contributed by atoms with Gasteiger partial charge in [-0.15, -0.1) is 0 Å². The Morgan fingerprint density at radius 1 is 1.09 bits per heavy atom. The molecule has 3 unspecified atom stereocenters. The molecule has 7 amide bonds. The van der Waals surface area contributed by atoms with Gasteiger partial charge < -0.3 is 30.7 Å². The van der Waals surface area contributed by atoms with Crippen LogP contribution < -0.4 is 16.0 Å². The van der Waals surface area contributed by atoms with E-state index in [0.717, 1.165) is 6.92 Å². The molecule has 0 aromatic heterocycles. The van der Waals surface area contributed by atoms with Crippen molar-refractivity contribution in [3.8, 4) is 0 Å². The van der Waals surface area contributed by atoms with Crippen LogP contribution in [0.5, 0.6) is 0 Å². The number of urea groups is 1. The van der Waals surface area contributed by atoms with Crippen molar-refractivity contribution in [2.75, 3.05) is 25.4 Å². The standard InChI is InChI=1S/C26H28N6O11S/c1-3-30-9-10-31(23(38)22(30)37)26(41)28-16(14-7-5-4-6-8-14)19(35)29-20(43-13(2)34)15-11-44(42)24-17(27-12-33)21(36)32(24)18(15)25(39)40/h4-8,12,16-17,20,24H,3,9-11H2,1-2H3,(H,27,33)(H,28,41)(H,29,35)(H,39,40)/t16?,17-,20?,24-,44?/m1/s1. The Morgan fingerprint density at radius 3 is 2.36 bits per heavy atom. The van der Waals surface area contributed by atoms with E-state index < -0.39 is 87.5 Å². The molecule has 0 spiro atoms. The summed E-state index contributed by atoms with van der Waals surface area (Å²) in [4.78, 5) is 102. The normalized spacial score (nSPS) is 22.7. The SMILES string of the molecule is CCN1CCN(C(=O)NC(C(=O)NC(OC(C)=O)C2=C(C(=O)O)N3C(=O)[C@@H](NC=O)[C@H]3S(=O)C2)c2ccccc2)C(=O)C1=O. The molecule has 2 fully saturated rings. The van der Waals surface area contributed by atoms with E-state index in [4.69, 9.17) is 4.74 Å². The second-order valence-electron chi connectivity index (χ2n) is 9.70. The second-order valence-corrected chi connectivity index (χ2v) is 11.2. The van der Waals surface area contributed by atoms with Crippen LogP contribution in [0.15, 0.2) is 41.6 Å². The summed E-state index contributed by atoms with van der Waals surface area (Å²) in [7, 11) is -2.00. The molecule has 1 aromatic carbocycles. The number of piperazine rings is 1. The predicted molar refractivity (Wildman–Crippen MR) is 147 cm³/mol. The fourth-order valence-corrected chi connectivity index (χ4v) is 6.69. The van der Waals surface area contributed by atoms with Crippen molar-refractivity contribution in [3.05, 3.63) is 47.2 Å². The Balaban J connectivity index is 1.66. The number of hydrogen-bond acceptors (Lipinski definition) is 10. The van der Waals surface area contributed by atoms with E-state index in [2.05, 4.69) is 16.0 Å². The summed E-state index contributed by atoms with van der Waals surface area (Å²) in [5.41, 5.74) is -0.886. The predicted octanol–water partition coefficient (Wildman–Crippen LogP) is -2.48. The molecular weight excluding hydrogens is 604 g/mol. The lowest BCUT2D eigenvalue weighted by molar-refractivity contribution is -0.153. The lowest BCUT2D eigenvalue weighted by atomic mass is 10.0. The summed E-state index contributed by atoms with van der Waals surface area (Å²) < 4.78 is 18.3. The van der Waals surface area contributed by atoms with Gasteiger partial charge in [-0.25, -0.2) is 9.59 Å². The monoisotopic (exact) mass is 632 g/mol. The number of hydrogen-bond donors (Lipinski definition) is 4. The van der Waals surface area contributed by atoms with Gasteiger partial charge in [-0.3, -0.25) is 42.8 Å². The fourth-order valence-electron chi connectivity index (χ4n) is 4.98. The van der Waals surface area contributed by atoms with E-state index in [1.54, 1.807) is 25.1 Å². The number of carbonyl (C=O) groups is 8. The molecule has 18 heteroatoms. The van der Waals surface area contributed by atoms with E-state index in [1.165, 1.54) is 17.0 Å². The maximum atomic E-state index is 13.7. The number of nitrogens with zero attached hydrogens (tertiary/aromatic N) is 3. The van der Waals surface area contributed by atoms with Crippen LogP contribution >= 0.6 is 0 Å². The van der Waals surface area contributed by atoms with Crippen molar-refractivity contribution in [2.24, 2.45) is 0 Å². The molecule has 2 saturated heterocycles. The van der Waals surface area contributed by atoms with Crippen molar-refractivity contribution in [2.45, 2.75) is 37.5 Å². The highest BCUT2D eigenvalue weighted by atomic mass is 32.2. The van der Waals surface area contributed by atoms with Crippen LogP contribution in [0, 0.1) is 0 Å². The lowest BCUT2D eigenvalue weighted by Gasteiger charge is -2.49. The van der Waals surface area contributed by atoms with Crippen LogP contribution in [0.3, 0.4) is 0 Å². The van der Waals surface area contributed by atoms with Crippen molar-refractivity contribution in [3.63, 3.8) is 0 Å². The van der Waals surface area contributed by atoms with Gasteiger partial charge in [0.25, 0.3) is 5.91 Å². The number of amides is 7. The molecule has 1 aromatic rings. The van der Waals surface area contributed by atoms with Crippen LogP contribution in [-0.2, 0) is 49.1 Å². The Hall–Kier alpha value is -5.13. The van der Waals surface area contributed by atoms with Crippen molar-refractivity contribution < 1.29 is 52.4 Å². The first-order valence-corrected chi connectivity index (χ1v) is 14.6. The van der Waals surface area contributed by atoms with Gasteiger partial charge in [-0.2, -0.15) is 0 Å². The van der Waals surface area contributed by atoms with Crippen molar-refractivity contribution in [1.82, 2.24) is 30.7 Å². The summed E-state index contributed by atoms with van der Waals surface area (Å²) in [6.45, 7) is 2.82. The number of ether oxygens (including phenoxy) is 1. The number of fused-ring (bicyclic) bond motifs is 1. The number of likely N-dealkylation sites (N-methyl/N-ethyl adjacent to an activating group) is 1. The highest BCUT2D eigenvalue weighted by molar-refractivity contribution is 7.86. The molecule has 0 radical (unpaired) electrons. The number of carboxylic acid groups (broad SMARTS) is 1. The maximum absolute atomic E-state index is 13.7. The summed E-state index contributed by atoms with van der Waals surface area (Å²) in [6, 6.07) is 3.79. The van der Waals surface area contributed by atoms with Crippen LogP contribution in [-0.4, -0.2) is 115 Å². The first kappa shape index (κ1) is 31.8. The number of aliphatic carboxylic acids is 1. The number of carbonyl (C=O) groups excluding carboxylic acids is 7. The highest BCUT2D eigenvalue weighted by Crippen LogP contribution is 2.36. The first-order chi connectivity index (χ1) is 20.9. The molecule has 3 aliphatic heterocycles. The molecule has 0 bridgehead atoms. The molecule has 234 valence electrons. The zero-order valence-electron chi connectivity index (χ0n) is 23.4. The van der Waals surface area contributed by atoms with Gasteiger partial charge in [0, 0.05) is 32.1 Å². The average Bonchev–Trinajstić information content (AvgIpc) is 2.99. The largest absolute Gasteiger partial charge is 0.477 e. The molecule has 3 aliphatic rings. The van der Waals surface area contributed by atoms with Gasteiger partial charge in [0.1, 0.15) is 23.2 Å². The molecule has 4 rings (SSSR count). The average molecular weight is 633 g/mol. The molecule has 17 nitrogen and oxygen atoms in total. The molecule has 44 heavy (non-hydrogen) atoms. The molecule has 5 atom stereocenters. The van der Waals surface area contributed by atoms with E-state index >= 15 is 0 Å². The van der Waals surface area contributed by atoms with Gasteiger partial charge in [0.05, 0.1) is 16.6 Å². The van der Waals surface area contributed by atoms with Gasteiger partial charge in [0.2, 0.25) is 18.5 Å². The Bertz CT molecular complexity index is 1480. The van der Waals surface area contributed by atoms with Crippen molar-refractivity contribution in [1.29, 1.82) is 0 Å². The summed E-state index contributed by atoms with van der Waals surface area (Å²) in [6.07, 6.45) is -1.65. The third-order valence-corrected chi connectivity index (χ3v) is 8.69. The Labute approximate surface area is 252 Å². The first-order valence-electron chi connectivity index (χ1n) is 13.2. The molecule has 0 aliphatic carbocycles. The number of β-lactam (4-membered cyclic amide) rings is 1. The van der Waals surface area contributed by atoms with E-state index in [-0.39, 0.29) is 37.2 Å². The fraction of sp³-hybridized carbons (Fsp3) is 0.385.